The number of carboxylic acid groups (broad SMARTS) is 2. The van der Waals surface area contributed by atoms with Crippen LogP contribution in [0.3, 0.4) is 0 Å². The van der Waals surface area contributed by atoms with Crippen molar-refractivity contribution in [3.8, 4) is 17.2 Å². The number of methoxy groups -OCH3 is 2. The fraction of sp³-hybridized carbons (Fsp3) is 0.164. The van der Waals surface area contributed by atoms with Gasteiger partial charge >= 0.3 is 29.8 Å². The molecule has 9 aromatic rings. The zero-order chi connectivity index (χ0) is 61.3. The Labute approximate surface area is 513 Å². The highest BCUT2D eigenvalue weighted by molar-refractivity contribution is 9.10. The number of aromatic carboxylic acids is 2. The lowest BCUT2D eigenvalue weighted by atomic mass is 10.0. The molecule has 84 heavy (non-hydrogen) atoms. The average molecular weight is 1300 g/mol. The fourth-order valence-electron chi connectivity index (χ4n) is 7.11. The topological polar surface area (TPSA) is 269 Å². The van der Waals surface area contributed by atoms with E-state index in [1.54, 1.807) is 24.6 Å². The third-order valence-corrected chi connectivity index (χ3v) is 17.2. The van der Waals surface area contributed by atoms with Crippen LogP contribution in [0.4, 0.5) is 22.7 Å². The average Bonchev–Trinajstić information content (AvgIpc) is 4.47. The summed E-state index contributed by atoms with van der Waals surface area (Å²) in [6.45, 7) is 10.2. The highest BCUT2D eigenvalue weighted by atomic mass is 79.9. The minimum absolute atomic E-state index is 0.144. The summed E-state index contributed by atoms with van der Waals surface area (Å²) >= 11 is 9.36. The van der Waals surface area contributed by atoms with Gasteiger partial charge in [-0.3, -0.25) is 0 Å². The number of nitrogens with two attached hydrogens (primary N) is 2. The van der Waals surface area contributed by atoms with E-state index in [1.165, 1.54) is 42.3 Å². The summed E-state index contributed by atoms with van der Waals surface area (Å²) in [5.41, 5.74) is 20.1. The molecule has 438 valence electrons. The van der Waals surface area contributed by atoms with Gasteiger partial charge in [0.2, 0.25) is 0 Å². The Bertz CT molecular complexity index is 3530. The number of hydrogen-bond acceptors (Lipinski definition) is 20. The second-order valence-electron chi connectivity index (χ2n) is 16.7. The summed E-state index contributed by atoms with van der Waals surface area (Å²) in [7, 11) is 2.85. The van der Waals surface area contributed by atoms with Crippen molar-refractivity contribution >= 4 is 137 Å². The number of hydrogen-bond donors (Lipinski definition) is 5. The Kier molecular flexibility index (Phi) is 26.5. The first kappa shape index (κ1) is 66.4. The molecule has 0 unspecified atom stereocenters. The maximum absolute atomic E-state index is 12.0. The number of thiophene rings is 5. The van der Waals surface area contributed by atoms with Crippen LogP contribution in [0.2, 0.25) is 0 Å². The first-order chi connectivity index (χ1) is 40.4. The number of esters is 3. The van der Waals surface area contributed by atoms with Gasteiger partial charge in [0.05, 0.1) is 62.5 Å². The summed E-state index contributed by atoms with van der Waals surface area (Å²) < 4.78 is 25.7. The molecule has 0 atom stereocenters. The second-order valence-corrected chi connectivity index (χ2v) is 21.9. The molecule has 0 aliphatic carbocycles. The normalized spacial score (nSPS) is 10.0. The third kappa shape index (κ3) is 18.3. The van der Waals surface area contributed by atoms with E-state index in [0.717, 1.165) is 89.0 Å². The highest BCUT2D eigenvalue weighted by Gasteiger charge is 2.21. The lowest BCUT2D eigenvalue weighted by Crippen LogP contribution is -2.04. The zero-order valence-electron chi connectivity index (χ0n) is 46.4. The largest absolute Gasteiger partial charge is 0.504 e. The molecular formula is C61H59BrN4O13S5. The van der Waals surface area contributed by atoms with Crippen molar-refractivity contribution in [2.24, 2.45) is 9.98 Å². The van der Waals surface area contributed by atoms with Gasteiger partial charge in [0.25, 0.3) is 0 Å². The maximum Gasteiger partial charge on any atom is 0.352 e. The van der Waals surface area contributed by atoms with Crippen LogP contribution in [-0.2, 0) is 14.2 Å². The van der Waals surface area contributed by atoms with Gasteiger partial charge in [-0.2, -0.15) is 0 Å². The lowest BCUT2D eigenvalue weighted by molar-refractivity contribution is 0.0520. The zero-order valence-corrected chi connectivity index (χ0v) is 52.1. The number of nitrogen functional groups attached to an aromatic ring is 2. The molecule has 0 radical (unpaired) electrons. The van der Waals surface area contributed by atoms with Crippen molar-refractivity contribution in [2.75, 3.05) is 45.5 Å². The van der Waals surface area contributed by atoms with Crippen LogP contribution >= 0.6 is 72.6 Å². The smallest absolute Gasteiger partial charge is 0.352 e. The summed E-state index contributed by atoms with van der Waals surface area (Å²) in [5.74, 6) is -2.71. The lowest BCUT2D eigenvalue weighted by Gasteiger charge is -2.08. The number of carbonyl (C=O) groups excluding carboxylic acids is 3. The van der Waals surface area contributed by atoms with Gasteiger partial charge in [-0.15, -0.1) is 56.7 Å². The standard InChI is InChI=1S/C21H19NO2S.C19H15NO3S.C8H9BrO2S.C7H9NO3S.C6H7NO3S/c1-3-24-21(23)20-15(2)18(14-25-20)22-19(16-10-6-4-7-11-16)17-12-8-5-9-13-17;1-23-17-15(12-24-18(17)19(21)22)20-16(13-8-4-2-5-9-13)14-10-6-3-7-11-14;1-3-11-8(10)7-5(2)6(9)4-12-7;1-2-11-7(10)6-5(9)4(8)3-12-6;1-10-4-3(7)2-11-5(4)6(8)9/h4-14H,3H2,1-2H3;2-12H,1H3,(H,21,22);4H,3H2,1-2H3;3,9H,2,8H2,1H3;2H,7H2,1H3,(H,8,9). The molecule has 23 heteroatoms. The van der Waals surface area contributed by atoms with Gasteiger partial charge in [0, 0.05) is 59.2 Å². The molecule has 0 fully saturated rings. The van der Waals surface area contributed by atoms with Crippen LogP contribution < -0.4 is 20.9 Å². The number of nitrogens with zero attached hydrogens (tertiary/aromatic N) is 2. The highest BCUT2D eigenvalue weighted by Crippen LogP contribution is 2.39. The summed E-state index contributed by atoms with van der Waals surface area (Å²) in [5, 5.41) is 35.6. The maximum atomic E-state index is 12.0. The van der Waals surface area contributed by atoms with E-state index in [2.05, 4.69) is 20.7 Å². The van der Waals surface area contributed by atoms with Crippen LogP contribution in [0, 0.1) is 13.8 Å². The quantitative estimate of drug-likeness (QED) is 0.0342. The number of halogens is 1. The molecule has 0 bridgehead atoms. The van der Waals surface area contributed by atoms with Crippen molar-refractivity contribution in [3.63, 3.8) is 0 Å². The van der Waals surface area contributed by atoms with Crippen LogP contribution in [-0.4, -0.2) is 90.6 Å². The molecule has 7 N–H and O–H groups in total. The number of carboxylic acids is 2. The molecule has 9 rings (SSSR count). The minimum atomic E-state index is -1.01. The molecule has 17 nitrogen and oxygen atoms in total. The number of benzene rings is 4. The third-order valence-electron chi connectivity index (χ3n) is 11.1. The molecule has 0 saturated heterocycles. The Morgan fingerprint density at radius 1 is 0.464 bits per heavy atom. The van der Waals surface area contributed by atoms with E-state index in [0.29, 0.717) is 34.3 Å². The number of ether oxygens (including phenoxy) is 5. The molecule has 5 heterocycles. The van der Waals surface area contributed by atoms with Gasteiger partial charge in [-0.25, -0.2) is 34.0 Å². The van der Waals surface area contributed by atoms with Gasteiger partial charge in [0.1, 0.15) is 15.4 Å². The molecule has 0 saturated carbocycles. The monoisotopic (exact) mass is 1290 g/mol. The number of anilines is 2. The summed E-state index contributed by atoms with van der Waals surface area (Å²) in [4.78, 5) is 67.5. The van der Waals surface area contributed by atoms with E-state index in [1.807, 2.05) is 153 Å². The van der Waals surface area contributed by atoms with E-state index < -0.39 is 17.9 Å². The minimum Gasteiger partial charge on any atom is -0.504 e. The van der Waals surface area contributed by atoms with Crippen LogP contribution in [0.5, 0.6) is 17.2 Å². The molecule has 4 aromatic carbocycles. The van der Waals surface area contributed by atoms with E-state index in [-0.39, 0.29) is 56.1 Å². The molecule has 0 spiro atoms. The summed E-state index contributed by atoms with van der Waals surface area (Å²) in [6, 6.07) is 39.7. The van der Waals surface area contributed by atoms with E-state index >= 15 is 0 Å². The van der Waals surface area contributed by atoms with Crippen molar-refractivity contribution < 1.29 is 63.0 Å². The second kappa shape index (κ2) is 33.6. The number of rotatable bonds is 16. The van der Waals surface area contributed by atoms with Gasteiger partial charge < -0.3 is 50.5 Å². The van der Waals surface area contributed by atoms with E-state index in [4.69, 9.17) is 45.5 Å². The van der Waals surface area contributed by atoms with Crippen molar-refractivity contribution in [1.29, 1.82) is 0 Å². The molecule has 0 aliphatic rings. The molecular weight excluding hydrogens is 1240 g/mol. The Hall–Kier alpha value is -8.45. The predicted molar refractivity (Wildman–Crippen MR) is 341 cm³/mol. The SMILES string of the molecule is CCOC(=O)c1scc(Br)c1C.CCOC(=O)c1scc(N)c1O.CCOC(=O)c1scc(N=C(c2ccccc2)c2ccccc2)c1C.COc1c(N)csc1C(=O)O.COc1c(N=C(c2ccccc2)c2ccccc2)csc1C(=O)O. The number of carbonyl (C=O) groups is 5. The van der Waals surface area contributed by atoms with Crippen molar-refractivity contribution in [3.05, 3.63) is 210 Å². The van der Waals surface area contributed by atoms with Gasteiger partial charge in [-0.1, -0.05) is 121 Å². The van der Waals surface area contributed by atoms with Crippen molar-refractivity contribution in [2.45, 2.75) is 34.6 Å². The van der Waals surface area contributed by atoms with Gasteiger partial charge in [-0.05, 0) is 56.1 Å². The number of aliphatic imine (C=N–C) groups is 2. The molecule has 5 aromatic heterocycles. The summed E-state index contributed by atoms with van der Waals surface area (Å²) in [6.07, 6.45) is 0. The fourth-order valence-corrected chi connectivity index (χ4v) is 11.7. The Balaban J connectivity index is 0.000000202. The van der Waals surface area contributed by atoms with Crippen LogP contribution in [0.25, 0.3) is 0 Å². The van der Waals surface area contributed by atoms with Crippen LogP contribution in [0.15, 0.2) is 163 Å². The number of aromatic hydroxyl groups is 1. The Morgan fingerprint density at radius 2 is 0.798 bits per heavy atom. The van der Waals surface area contributed by atoms with Gasteiger partial charge in [0.15, 0.2) is 31.9 Å². The predicted octanol–water partition coefficient (Wildman–Crippen LogP) is 15.3. The molecule has 0 aliphatic heterocycles. The van der Waals surface area contributed by atoms with Crippen LogP contribution in [0.1, 0.15) is 103 Å². The first-order valence-electron chi connectivity index (χ1n) is 25.2. The first-order valence-corrected chi connectivity index (χ1v) is 30.4. The van der Waals surface area contributed by atoms with Crippen molar-refractivity contribution in [1.82, 2.24) is 0 Å². The Morgan fingerprint density at radius 3 is 1.15 bits per heavy atom. The van der Waals surface area contributed by atoms with E-state index in [9.17, 15) is 34.2 Å². The molecule has 0 amide bonds.